The first-order valence-corrected chi connectivity index (χ1v) is 12.7. The van der Waals surface area contributed by atoms with Crippen molar-refractivity contribution in [3.63, 3.8) is 0 Å². The van der Waals surface area contributed by atoms with Crippen LogP contribution in [0.5, 0.6) is 0 Å². The van der Waals surface area contributed by atoms with E-state index in [1.807, 2.05) is 6.08 Å². The number of rotatable bonds is 5. The van der Waals surface area contributed by atoms with Crippen LogP contribution < -0.4 is 5.32 Å². The van der Waals surface area contributed by atoms with Crippen LogP contribution in [-0.4, -0.2) is 60.3 Å². The number of aromatic nitrogens is 1. The van der Waals surface area contributed by atoms with E-state index >= 15 is 0 Å². The molecule has 1 aliphatic heterocycles. The fourth-order valence-electron chi connectivity index (χ4n) is 4.57. The molecule has 1 N–H and O–H groups in total. The molecule has 166 valence electrons. The fraction of sp³-hybridized carbons (Fsp3) is 0.636. The molecule has 1 saturated heterocycles. The number of aryl methyl sites for hydroxylation is 1. The third-order valence-corrected chi connectivity index (χ3v) is 7.87. The topological polar surface area (TPSA) is 88.5 Å². The summed E-state index contributed by atoms with van der Waals surface area (Å²) in [5.74, 6) is -0.615. The smallest absolute Gasteiger partial charge is 0.244 e. The summed E-state index contributed by atoms with van der Waals surface area (Å²) >= 11 is 0. The molecule has 0 spiro atoms. The lowest BCUT2D eigenvalue weighted by atomic mass is 9.95. The molecule has 8 heteroatoms. The van der Waals surface area contributed by atoms with Crippen LogP contribution in [0.15, 0.2) is 12.1 Å². The Balaban J connectivity index is 1.58. The normalized spacial score (nSPS) is 21.0. The molecule has 0 radical (unpaired) electrons. The van der Waals surface area contributed by atoms with E-state index in [4.69, 9.17) is 0 Å². The molecule has 7 nitrogen and oxygen atoms in total. The molecule has 2 aliphatic rings. The van der Waals surface area contributed by atoms with Crippen LogP contribution in [0.25, 0.3) is 6.08 Å². The van der Waals surface area contributed by atoms with Gasteiger partial charge in [0.1, 0.15) is 6.04 Å². The first-order chi connectivity index (χ1) is 14.2. The summed E-state index contributed by atoms with van der Waals surface area (Å²) in [6, 6.07) is 1.95. The Hall–Kier alpha value is -2.09. The van der Waals surface area contributed by atoms with Crippen molar-refractivity contribution >= 4 is 27.7 Å². The van der Waals surface area contributed by atoms with Crippen LogP contribution in [0.1, 0.15) is 62.0 Å². The predicted octanol–water partition coefficient (Wildman–Crippen LogP) is 2.39. The lowest BCUT2D eigenvalue weighted by Gasteiger charge is -2.29. The molecule has 3 rings (SSSR count). The number of hydrogen-bond acceptors (Lipinski definition) is 4. The summed E-state index contributed by atoms with van der Waals surface area (Å²) in [6.45, 7) is 6.20. The number of carbonyl (C=O) groups is 2. The van der Waals surface area contributed by atoms with E-state index in [1.54, 1.807) is 6.92 Å². The van der Waals surface area contributed by atoms with Gasteiger partial charge in [-0.25, -0.2) is 8.42 Å². The minimum atomic E-state index is -3.05. The van der Waals surface area contributed by atoms with Gasteiger partial charge in [-0.1, -0.05) is 19.3 Å². The minimum Gasteiger partial charge on any atom is -0.346 e. The Bertz CT molecular complexity index is 912. The number of nitrogens with one attached hydrogen (secondary N) is 1. The molecular formula is C22H33N3O4S. The Morgan fingerprint density at radius 1 is 1.13 bits per heavy atom. The molecule has 30 heavy (non-hydrogen) atoms. The molecule has 2 heterocycles. The third kappa shape index (κ3) is 5.33. The first kappa shape index (κ1) is 22.6. The van der Waals surface area contributed by atoms with Gasteiger partial charge in [-0.2, -0.15) is 0 Å². The molecule has 1 saturated carbocycles. The summed E-state index contributed by atoms with van der Waals surface area (Å²) in [7, 11) is -3.05. The standard InChI is InChI=1S/C22H33N3O4S/c1-16-15-19(18(3)25(16)20-7-5-4-6-8-20)9-10-21(26)23-17(2)22(27)24-11-13-30(28,29)14-12-24/h9-10,15,17,20H,4-8,11-14H2,1-3H3,(H,23,26)/b10-9+. The second-order valence-corrected chi connectivity index (χ2v) is 10.8. The average Bonchev–Trinajstić information content (AvgIpc) is 2.99. The highest BCUT2D eigenvalue weighted by atomic mass is 32.2. The van der Waals surface area contributed by atoms with Crippen LogP contribution in [0.4, 0.5) is 0 Å². The predicted molar refractivity (Wildman–Crippen MR) is 118 cm³/mol. The van der Waals surface area contributed by atoms with Gasteiger partial charge in [0.25, 0.3) is 0 Å². The zero-order valence-corrected chi connectivity index (χ0v) is 19.0. The molecule has 0 bridgehead atoms. The van der Waals surface area contributed by atoms with E-state index in [-0.39, 0.29) is 36.4 Å². The van der Waals surface area contributed by atoms with Crippen LogP contribution in [0.3, 0.4) is 0 Å². The van der Waals surface area contributed by atoms with E-state index in [0.717, 1.165) is 5.56 Å². The van der Waals surface area contributed by atoms with Crippen molar-refractivity contribution in [3.8, 4) is 0 Å². The van der Waals surface area contributed by atoms with E-state index in [1.165, 1.54) is 54.5 Å². The third-order valence-electron chi connectivity index (χ3n) is 6.26. The van der Waals surface area contributed by atoms with E-state index in [9.17, 15) is 18.0 Å². The molecule has 1 unspecified atom stereocenters. The Labute approximate surface area is 179 Å². The van der Waals surface area contributed by atoms with Gasteiger partial charge in [0, 0.05) is 36.6 Å². The maximum absolute atomic E-state index is 12.5. The van der Waals surface area contributed by atoms with Crippen molar-refractivity contribution in [3.05, 3.63) is 29.1 Å². The van der Waals surface area contributed by atoms with Gasteiger partial charge in [-0.15, -0.1) is 0 Å². The molecule has 2 amide bonds. The van der Waals surface area contributed by atoms with E-state index in [0.29, 0.717) is 6.04 Å². The molecule has 1 aromatic heterocycles. The lowest BCUT2D eigenvalue weighted by Crippen LogP contribution is -2.51. The van der Waals surface area contributed by atoms with Gasteiger partial charge in [-0.3, -0.25) is 9.59 Å². The number of hydrogen-bond donors (Lipinski definition) is 1. The zero-order chi connectivity index (χ0) is 21.9. The summed E-state index contributed by atoms with van der Waals surface area (Å²) < 4.78 is 25.4. The number of carbonyl (C=O) groups excluding carboxylic acids is 2. The maximum Gasteiger partial charge on any atom is 0.244 e. The Morgan fingerprint density at radius 2 is 1.77 bits per heavy atom. The molecule has 2 fully saturated rings. The number of amides is 2. The quantitative estimate of drug-likeness (QED) is 0.719. The van der Waals surface area contributed by atoms with Crippen LogP contribution in [-0.2, 0) is 19.4 Å². The maximum atomic E-state index is 12.5. The second-order valence-electron chi connectivity index (χ2n) is 8.53. The lowest BCUT2D eigenvalue weighted by molar-refractivity contribution is -0.134. The number of sulfone groups is 1. The summed E-state index contributed by atoms with van der Waals surface area (Å²) in [5, 5.41) is 2.70. The van der Waals surface area contributed by atoms with Crippen molar-refractivity contribution in [2.45, 2.75) is 65.0 Å². The molecule has 0 aromatic carbocycles. The van der Waals surface area contributed by atoms with Gasteiger partial charge in [0.05, 0.1) is 11.5 Å². The van der Waals surface area contributed by atoms with Gasteiger partial charge in [0.15, 0.2) is 9.84 Å². The highest BCUT2D eigenvalue weighted by molar-refractivity contribution is 7.91. The van der Waals surface area contributed by atoms with Gasteiger partial charge in [0.2, 0.25) is 11.8 Å². The molecule has 1 atom stereocenters. The molecule has 1 aliphatic carbocycles. The van der Waals surface area contributed by atoms with E-state index in [2.05, 4.69) is 29.8 Å². The van der Waals surface area contributed by atoms with Crippen LogP contribution in [0.2, 0.25) is 0 Å². The monoisotopic (exact) mass is 435 g/mol. The number of nitrogens with zero attached hydrogens (tertiary/aromatic N) is 2. The summed E-state index contributed by atoms with van der Waals surface area (Å²) in [5.41, 5.74) is 3.40. The second kappa shape index (κ2) is 9.37. The Morgan fingerprint density at radius 3 is 2.40 bits per heavy atom. The van der Waals surface area contributed by atoms with Crippen LogP contribution in [0, 0.1) is 13.8 Å². The SMILES string of the molecule is Cc1cc(/C=C/C(=O)NC(C)C(=O)N2CCS(=O)(=O)CC2)c(C)n1C1CCCCC1. The Kier molecular flexibility index (Phi) is 7.06. The molecular weight excluding hydrogens is 402 g/mol. The van der Waals surface area contributed by atoms with Crippen molar-refractivity contribution in [2.75, 3.05) is 24.6 Å². The first-order valence-electron chi connectivity index (χ1n) is 10.8. The van der Waals surface area contributed by atoms with Crippen LogP contribution >= 0.6 is 0 Å². The zero-order valence-electron chi connectivity index (χ0n) is 18.2. The van der Waals surface area contributed by atoms with Crippen molar-refractivity contribution in [1.29, 1.82) is 0 Å². The summed E-state index contributed by atoms with van der Waals surface area (Å²) in [4.78, 5) is 26.3. The minimum absolute atomic E-state index is 0.0179. The highest BCUT2D eigenvalue weighted by Gasteiger charge is 2.28. The van der Waals surface area contributed by atoms with E-state index < -0.39 is 15.9 Å². The average molecular weight is 436 g/mol. The summed E-state index contributed by atoms with van der Waals surface area (Å²) in [6.07, 6.45) is 9.54. The highest BCUT2D eigenvalue weighted by Crippen LogP contribution is 2.32. The largest absolute Gasteiger partial charge is 0.346 e. The van der Waals surface area contributed by atoms with Gasteiger partial charge < -0.3 is 14.8 Å². The molecule has 1 aromatic rings. The van der Waals surface area contributed by atoms with Crippen molar-refractivity contribution in [1.82, 2.24) is 14.8 Å². The van der Waals surface area contributed by atoms with Crippen molar-refractivity contribution < 1.29 is 18.0 Å². The fourth-order valence-corrected chi connectivity index (χ4v) is 5.77. The van der Waals surface area contributed by atoms with Gasteiger partial charge in [-0.05, 0) is 51.3 Å². The van der Waals surface area contributed by atoms with Gasteiger partial charge >= 0.3 is 0 Å². The van der Waals surface area contributed by atoms with Crippen molar-refractivity contribution in [2.24, 2.45) is 0 Å².